The van der Waals surface area contributed by atoms with Gasteiger partial charge in [-0.25, -0.2) is 26.9 Å². The molecule has 10 nitrogen and oxygen atoms in total. The van der Waals surface area contributed by atoms with Gasteiger partial charge in [0.05, 0.1) is 28.4 Å². The molecule has 0 fully saturated rings. The van der Waals surface area contributed by atoms with E-state index in [0.29, 0.717) is 56.9 Å². The number of sulfonamides is 1. The van der Waals surface area contributed by atoms with Crippen LogP contribution >= 0.6 is 0 Å². The minimum atomic E-state index is -3.47. The Morgan fingerprint density at radius 2 is 1.76 bits per heavy atom. The molecule has 42 heavy (non-hydrogen) atoms. The lowest BCUT2D eigenvalue weighted by atomic mass is 10.0. The summed E-state index contributed by atoms with van der Waals surface area (Å²) in [4.78, 5) is 18.6. The zero-order valence-electron chi connectivity index (χ0n) is 22.9. The lowest BCUT2D eigenvalue weighted by Crippen LogP contribution is -2.21. The summed E-state index contributed by atoms with van der Waals surface area (Å²) in [5, 5.41) is 7.51. The highest BCUT2D eigenvalue weighted by molar-refractivity contribution is 7.88. The molecule has 0 bridgehead atoms. The van der Waals surface area contributed by atoms with E-state index >= 15 is 4.39 Å². The van der Waals surface area contributed by atoms with Gasteiger partial charge >= 0.3 is 0 Å². The minimum Gasteiger partial charge on any atom is -0.336 e. The SMILES string of the molecule is CN(C)Cc1cncc(-c2ccc3[nH]nc(-c4nc5c(-c6cc(F)cc(CNS(C)(=O)=O)c6)nccc5[nH]4)c3c2F)c1. The van der Waals surface area contributed by atoms with E-state index in [9.17, 15) is 12.8 Å². The molecule has 0 radical (unpaired) electrons. The van der Waals surface area contributed by atoms with Gasteiger partial charge in [0.2, 0.25) is 10.0 Å². The molecule has 0 aliphatic rings. The molecule has 0 saturated carbocycles. The van der Waals surface area contributed by atoms with Gasteiger partial charge in [0.25, 0.3) is 0 Å². The van der Waals surface area contributed by atoms with Crippen LogP contribution in [0.5, 0.6) is 0 Å². The average Bonchev–Trinajstić information content (AvgIpc) is 3.56. The van der Waals surface area contributed by atoms with Gasteiger partial charge < -0.3 is 9.88 Å². The maximum absolute atomic E-state index is 16.1. The smallest absolute Gasteiger partial charge is 0.209 e. The van der Waals surface area contributed by atoms with Crippen LogP contribution in [0, 0.1) is 11.6 Å². The monoisotopic (exact) mass is 588 g/mol. The molecule has 0 saturated heterocycles. The van der Waals surface area contributed by atoms with E-state index in [1.165, 1.54) is 12.1 Å². The number of benzene rings is 2. The second-order valence-corrected chi connectivity index (χ2v) is 12.2. The predicted molar refractivity (Wildman–Crippen MR) is 157 cm³/mol. The summed E-state index contributed by atoms with van der Waals surface area (Å²) >= 11 is 0. The standard InChI is InChI=1S/C29H26F2N8O2S/c1-39(2)15-17-9-19(14-32-12-17)21-4-5-22-24(25(21)31)28(38-37-22)29-35-23-6-7-33-26(27(23)36-29)18-8-16(10-20(30)11-18)13-34-42(3,40)41/h4-12,14,34H,13,15H2,1-3H3,(H,35,36)(H,37,38). The van der Waals surface area contributed by atoms with Crippen LogP contribution in [-0.4, -0.2) is 63.8 Å². The van der Waals surface area contributed by atoms with Gasteiger partial charge in [-0.1, -0.05) is 0 Å². The quantitative estimate of drug-likeness (QED) is 0.236. The van der Waals surface area contributed by atoms with Crippen molar-refractivity contribution in [1.29, 1.82) is 0 Å². The van der Waals surface area contributed by atoms with Crippen LogP contribution in [0.15, 0.2) is 61.1 Å². The summed E-state index contributed by atoms with van der Waals surface area (Å²) in [6.45, 7) is 0.581. The number of hydrogen-bond donors (Lipinski definition) is 3. The van der Waals surface area contributed by atoms with Gasteiger partial charge in [-0.2, -0.15) is 5.10 Å². The number of halogens is 2. The molecular weight excluding hydrogens is 562 g/mol. The molecule has 0 atom stereocenters. The topological polar surface area (TPSA) is 133 Å². The zero-order valence-corrected chi connectivity index (χ0v) is 23.7. The molecule has 0 amide bonds. The van der Waals surface area contributed by atoms with E-state index in [0.717, 1.165) is 11.8 Å². The second kappa shape index (κ2) is 10.7. The van der Waals surface area contributed by atoms with Crippen LogP contribution in [0.1, 0.15) is 11.1 Å². The molecule has 6 rings (SSSR count). The van der Waals surface area contributed by atoms with Crippen LogP contribution in [0.2, 0.25) is 0 Å². The lowest BCUT2D eigenvalue weighted by Gasteiger charge is -2.11. The molecular formula is C29H26F2N8O2S. The molecule has 214 valence electrons. The van der Waals surface area contributed by atoms with Gasteiger partial charge in [-0.15, -0.1) is 0 Å². The van der Waals surface area contributed by atoms with Crippen molar-refractivity contribution >= 4 is 32.0 Å². The number of aromatic nitrogens is 6. The third kappa shape index (κ3) is 5.49. The molecule has 6 aromatic rings. The fraction of sp³-hybridized carbons (Fsp3) is 0.172. The second-order valence-electron chi connectivity index (χ2n) is 10.3. The van der Waals surface area contributed by atoms with Crippen molar-refractivity contribution in [3.8, 4) is 33.9 Å². The normalized spacial score (nSPS) is 12.1. The summed E-state index contributed by atoms with van der Waals surface area (Å²) < 4.78 is 56.1. The van der Waals surface area contributed by atoms with E-state index in [-0.39, 0.29) is 17.6 Å². The number of imidazole rings is 1. The van der Waals surface area contributed by atoms with Crippen molar-refractivity contribution < 1.29 is 17.2 Å². The van der Waals surface area contributed by atoms with Crippen LogP contribution in [0.25, 0.3) is 55.8 Å². The molecule has 0 spiro atoms. The maximum Gasteiger partial charge on any atom is 0.209 e. The van der Waals surface area contributed by atoms with Crippen LogP contribution in [-0.2, 0) is 23.1 Å². The third-order valence-corrected chi connectivity index (χ3v) is 7.34. The summed E-state index contributed by atoms with van der Waals surface area (Å²) in [5.41, 5.74) is 4.97. The molecule has 13 heteroatoms. The molecule has 0 aliphatic heterocycles. The van der Waals surface area contributed by atoms with Crippen molar-refractivity contribution in [1.82, 2.24) is 39.8 Å². The van der Waals surface area contributed by atoms with E-state index in [1.807, 2.05) is 25.1 Å². The van der Waals surface area contributed by atoms with E-state index in [2.05, 4.69) is 29.9 Å². The Kier molecular flexibility index (Phi) is 7.01. The first kappa shape index (κ1) is 27.6. The van der Waals surface area contributed by atoms with E-state index in [4.69, 9.17) is 4.98 Å². The number of rotatable bonds is 8. The predicted octanol–water partition coefficient (Wildman–Crippen LogP) is 4.62. The Balaban J connectivity index is 1.43. The van der Waals surface area contributed by atoms with Crippen LogP contribution in [0.4, 0.5) is 8.78 Å². The highest BCUT2D eigenvalue weighted by Gasteiger charge is 2.21. The minimum absolute atomic E-state index is 0.0835. The van der Waals surface area contributed by atoms with Gasteiger partial charge in [0.15, 0.2) is 5.82 Å². The van der Waals surface area contributed by atoms with Gasteiger partial charge in [-0.3, -0.25) is 15.1 Å². The first-order chi connectivity index (χ1) is 20.1. The van der Waals surface area contributed by atoms with Crippen molar-refractivity contribution in [2.24, 2.45) is 0 Å². The molecule has 4 aromatic heterocycles. The van der Waals surface area contributed by atoms with Gasteiger partial charge in [-0.05, 0) is 67.7 Å². The van der Waals surface area contributed by atoms with Gasteiger partial charge in [0.1, 0.15) is 22.8 Å². The Hall–Kier alpha value is -4.59. The van der Waals surface area contributed by atoms with Crippen LogP contribution < -0.4 is 4.72 Å². The van der Waals surface area contributed by atoms with E-state index in [1.54, 1.807) is 42.9 Å². The van der Waals surface area contributed by atoms with Gasteiger partial charge in [0, 0.05) is 48.4 Å². The number of nitrogens with zero attached hydrogens (tertiary/aromatic N) is 5. The van der Waals surface area contributed by atoms with Crippen molar-refractivity contribution in [2.75, 3.05) is 20.4 Å². The Morgan fingerprint density at radius 3 is 2.55 bits per heavy atom. The van der Waals surface area contributed by atoms with E-state index < -0.39 is 21.7 Å². The fourth-order valence-electron chi connectivity index (χ4n) is 4.92. The number of hydrogen-bond acceptors (Lipinski definition) is 7. The first-order valence-electron chi connectivity index (χ1n) is 12.9. The summed E-state index contributed by atoms with van der Waals surface area (Å²) in [5.74, 6) is -0.715. The molecule has 3 N–H and O–H groups in total. The molecule has 0 unspecified atom stereocenters. The number of nitrogens with one attached hydrogen (secondary N) is 3. The summed E-state index contributed by atoms with van der Waals surface area (Å²) in [6, 6.07) is 11.3. The largest absolute Gasteiger partial charge is 0.336 e. The molecule has 2 aromatic carbocycles. The number of fused-ring (bicyclic) bond motifs is 2. The number of aromatic amines is 2. The lowest BCUT2D eigenvalue weighted by molar-refractivity contribution is 0.402. The zero-order chi connectivity index (χ0) is 29.6. The summed E-state index contributed by atoms with van der Waals surface area (Å²) in [6.07, 6.45) is 5.96. The van der Waals surface area contributed by atoms with Crippen molar-refractivity contribution in [3.63, 3.8) is 0 Å². The summed E-state index contributed by atoms with van der Waals surface area (Å²) in [7, 11) is 0.436. The van der Waals surface area contributed by atoms with Crippen molar-refractivity contribution in [3.05, 3.63) is 83.8 Å². The Morgan fingerprint density at radius 1 is 0.952 bits per heavy atom. The third-order valence-electron chi connectivity index (χ3n) is 6.67. The maximum atomic E-state index is 16.1. The Bertz CT molecular complexity index is 2070. The van der Waals surface area contributed by atoms with Crippen LogP contribution in [0.3, 0.4) is 0 Å². The molecule has 0 aliphatic carbocycles. The fourth-order valence-corrected chi connectivity index (χ4v) is 5.34. The first-order valence-corrected chi connectivity index (χ1v) is 14.8. The van der Waals surface area contributed by atoms with Crippen molar-refractivity contribution in [2.45, 2.75) is 13.1 Å². The Labute approximate surface area is 239 Å². The average molecular weight is 589 g/mol. The number of pyridine rings is 2. The number of H-pyrrole nitrogens is 2. The highest BCUT2D eigenvalue weighted by Crippen LogP contribution is 2.35. The molecule has 4 heterocycles. The highest BCUT2D eigenvalue weighted by atomic mass is 32.2.